The monoisotopic (exact) mass is 287 g/mol. The standard InChI is InChI=1S/C13H15Cl2NO2/c1-8(12-3-2-6-18-12)16-13(17)10-7-9(14)4-5-11(10)15/h4-5,7-8,12H,2-3,6H2,1H3,(H,16,17). The van der Waals surface area contributed by atoms with Crippen LogP contribution in [0.4, 0.5) is 0 Å². The number of carbonyl (C=O) groups is 1. The van der Waals surface area contributed by atoms with E-state index in [1.807, 2.05) is 6.92 Å². The summed E-state index contributed by atoms with van der Waals surface area (Å²) in [4.78, 5) is 12.1. The van der Waals surface area contributed by atoms with Gasteiger partial charge < -0.3 is 10.1 Å². The molecule has 0 radical (unpaired) electrons. The molecule has 1 aromatic carbocycles. The fourth-order valence-corrected chi connectivity index (χ4v) is 2.42. The predicted molar refractivity (Wildman–Crippen MR) is 72.4 cm³/mol. The lowest BCUT2D eigenvalue weighted by molar-refractivity contribution is 0.0712. The van der Waals surface area contributed by atoms with Crippen LogP contribution < -0.4 is 5.32 Å². The number of hydrogen-bond donors (Lipinski definition) is 1. The SMILES string of the molecule is CC(NC(=O)c1cc(Cl)ccc1Cl)C1CCCO1. The van der Waals surface area contributed by atoms with Gasteiger partial charge in [0.05, 0.1) is 22.7 Å². The second-order valence-corrected chi connectivity index (χ2v) is 5.28. The van der Waals surface area contributed by atoms with E-state index < -0.39 is 0 Å². The van der Waals surface area contributed by atoms with Gasteiger partial charge in [0, 0.05) is 11.6 Å². The first-order valence-corrected chi connectivity index (χ1v) is 6.71. The lowest BCUT2D eigenvalue weighted by Crippen LogP contribution is -2.40. The Balaban J connectivity index is 2.04. The Morgan fingerprint density at radius 3 is 2.94 bits per heavy atom. The maximum atomic E-state index is 12.1. The summed E-state index contributed by atoms with van der Waals surface area (Å²) in [5.74, 6) is -0.217. The molecule has 1 amide bonds. The number of rotatable bonds is 3. The number of benzene rings is 1. The molecule has 3 nitrogen and oxygen atoms in total. The van der Waals surface area contributed by atoms with Gasteiger partial charge in [0.25, 0.3) is 5.91 Å². The highest BCUT2D eigenvalue weighted by molar-refractivity contribution is 6.35. The molecule has 0 bridgehead atoms. The van der Waals surface area contributed by atoms with Crippen LogP contribution in [0.3, 0.4) is 0 Å². The van der Waals surface area contributed by atoms with Crippen LogP contribution in [0, 0.1) is 0 Å². The Morgan fingerprint density at radius 2 is 2.28 bits per heavy atom. The quantitative estimate of drug-likeness (QED) is 0.926. The summed E-state index contributed by atoms with van der Waals surface area (Å²) < 4.78 is 5.53. The highest BCUT2D eigenvalue weighted by atomic mass is 35.5. The molecule has 1 saturated heterocycles. The van der Waals surface area contributed by atoms with E-state index in [1.54, 1.807) is 18.2 Å². The summed E-state index contributed by atoms with van der Waals surface area (Å²) in [5.41, 5.74) is 0.397. The third kappa shape index (κ3) is 3.16. The number of nitrogens with one attached hydrogen (secondary N) is 1. The van der Waals surface area contributed by atoms with E-state index in [4.69, 9.17) is 27.9 Å². The minimum Gasteiger partial charge on any atom is -0.376 e. The zero-order chi connectivity index (χ0) is 13.1. The van der Waals surface area contributed by atoms with Crippen molar-refractivity contribution in [2.45, 2.75) is 31.9 Å². The maximum absolute atomic E-state index is 12.1. The van der Waals surface area contributed by atoms with Crippen LogP contribution in [0.15, 0.2) is 18.2 Å². The summed E-state index contributed by atoms with van der Waals surface area (Å²) in [7, 11) is 0. The zero-order valence-corrected chi connectivity index (χ0v) is 11.6. The van der Waals surface area contributed by atoms with Crippen LogP contribution >= 0.6 is 23.2 Å². The molecular formula is C13H15Cl2NO2. The topological polar surface area (TPSA) is 38.3 Å². The van der Waals surface area contributed by atoms with Gasteiger partial charge in [0.1, 0.15) is 0 Å². The van der Waals surface area contributed by atoms with Gasteiger partial charge in [0.2, 0.25) is 0 Å². The number of ether oxygens (including phenoxy) is 1. The van der Waals surface area contributed by atoms with Crippen molar-refractivity contribution in [1.82, 2.24) is 5.32 Å². The maximum Gasteiger partial charge on any atom is 0.253 e. The lowest BCUT2D eigenvalue weighted by Gasteiger charge is -2.20. The van der Waals surface area contributed by atoms with Gasteiger partial charge in [-0.05, 0) is 38.0 Å². The molecule has 1 fully saturated rings. The molecule has 1 heterocycles. The molecule has 1 aliphatic heterocycles. The Kier molecular flexibility index (Phi) is 4.49. The summed E-state index contributed by atoms with van der Waals surface area (Å²) >= 11 is 11.8. The van der Waals surface area contributed by atoms with Crippen molar-refractivity contribution >= 4 is 29.1 Å². The fraction of sp³-hybridized carbons (Fsp3) is 0.462. The van der Waals surface area contributed by atoms with Gasteiger partial charge in [-0.3, -0.25) is 4.79 Å². The number of hydrogen-bond acceptors (Lipinski definition) is 2. The highest BCUT2D eigenvalue weighted by Gasteiger charge is 2.24. The Morgan fingerprint density at radius 1 is 1.50 bits per heavy atom. The van der Waals surface area contributed by atoms with Crippen LogP contribution in [0.25, 0.3) is 0 Å². The third-order valence-corrected chi connectivity index (χ3v) is 3.62. The second-order valence-electron chi connectivity index (χ2n) is 4.44. The minimum absolute atomic E-state index is 0.0324. The van der Waals surface area contributed by atoms with Crippen molar-refractivity contribution in [2.75, 3.05) is 6.61 Å². The van der Waals surface area contributed by atoms with E-state index in [9.17, 15) is 4.79 Å². The van der Waals surface area contributed by atoms with Crippen molar-refractivity contribution in [3.8, 4) is 0 Å². The molecule has 5 heteroatoms. The molecular weight excluding hydrogens is 273 g/mol. The Hall–Kier alpha value is -0.770. The number of carbonyl (C=O) groups excluding carboxylic acids is 1. The van der Waals surface area contributed by atoms with Crippen LogP contribution in [-0.4, -0.2) is 24.7 Å². The average molecular weight is 288 g/mol. The van der Waals surface area contributed by atoms with Crippen molar-refractivity contribution in [3.05, 3.63) is 33.8 Å². The predicted octanol–water partition coefficient (Wildman–Crippen LogP) is 3.29. The first-order valence-electron chi connectivity index (χ1n) is 5.95. The average Bonchev–Trinajstić information content (AvgIpc) is 2.85. The van der Waals surface area contributed by atoms with Gasteiger partial charge >= 0.3 is 0 Å². The van der Waals surface area contributed by atoms with Crippen LogP contribution in [0.2, 0.25) is 10.0 Å². The van der Waals surface area contributed by atoms with E-state index in [0.29, 0.717) is 15.6 Å². The highest BCUT2D eigenvalue weighted by Crippen LogP contribution is 2.21. The zero-order valence-electron chi connectivity index (χ0n) is 10.1. The van der Waals surface area contributed by atoms with E-state index in [-0.39, 0.29) is 18.1 Å². The molecule has 0 spiro atoms. The molecule has 2 atom stereocenters. The normalized spacial score (nSPS) is 20.7. The first kappa shape index (κ1) is 13.7. The fourth-order valence-electron chi connectivity index (χ4n) is 2.05. The first-order chi connectivity index (χ1) is 8.58. The largest absolute Gasteiger partial charge is 0.376 e. The molecule has 0 aliphatic carbocycles. The van der Waals surface area contributed by atoms with Crippen LogP contribution in [0.5, 0.6) is 0 Å². The van der Waals surface area contributed by atoms with Gasteiger partial charge in [-0.25, -0.2) is 0 Å². The van der Waals surface area contributed by atoms with Gasteiger partial charge in [-0.2, -0.15) is 0 Å². The molecule has 1 aromatic rings. The van der Waals surface area contributed by atoms with Crippen molar-refractivity contribution in [3.63, 3.8) is 0 Å². The summed E-state index contributed by atoms with van der Waals surface area (Å²) in [5, 5.41) is 3.79. The van der Waals surface area contributed by atoms with Gasteiger partial charge in [0.15, 0.2) is 0 Å². The minimum atomic E-state index is -0.217. The number of halogens is 2. The molecule has 18 heavy (non-hydrogen) atoms. The lowest BCUT2D eigenvalue weighted by atomic mass is 10.1. The molecule has 98 valence electrons. The molecule has 1 N–H and O–H groups in total. The Bertz CT molecular complexity index is 445. The summed E-state index contributed by atoms with van der Waals surface area (Å²) in [6.45, 7) is 2.70. The Labute approximate surface area is 116 Å². The third-order valence-electron chi connectivity index (χ3n) is 3.05. The van der Waals surface area contributed by atoms with Gasteiger partial charge in [-0.15, -0.1) is 0 Å². The van der Waals surface area contributed by atoms with Crippen molar-refractivity contribution < 1.29 is 9.53 Å². The molecule has 1 aliphatic rings. The van der Waals surface area contributed by atoms with E-state index >= 15 is 0 Å². The van der Waals surface area contributed by atoms with Gasteiger partial charge in [-0.1, -0.05) is 23.2 Å². The molecule has 2 rings (SSSR count). The molecule has 0 saturated carbocycles. The van der Waals surface area contributed by atoms with Crippen LogP contribution in [0.1, 0.15) is 30.1 Å². The van der Waals surface area contributed by atoms with Crippen LogP contribution in [-0.2, 0) is 4.74 Å². The van der Waals surface area contributed by atoms with E-state index in [0.717, 1.165) is 19.4 Å². The van der Waals surface area contributed by atoms with Crippen molar-refractivity contribution in [1.29, 1.82) is 0 Å². The summed E-state index contributed by atoms with van der Waals surface area (Å²) in [6.07, 6.45) is 2.11. The van der Waals surface area contributed by atoms with Crippen molar-refractivity contribution in [2.24, 2.45) is 0 Å². The van der Waals surface area contributed by atoms with E-state index in [1.165, 1.54) is 0 Å². The second kappa shape index (κ2) is 5.91. The molecule has 2 unspecified atom stereocenters. The van der Waals surface area contributed by atoms with E-state index in [2.05, 4.69) is 5.32 Å². The summed E-state index contributed by atoms with van der Waals surface area (Å²) in [6, 6.07) is 4.82. The number of amides is 1. The molecule has 0 aromatic heterocycles. The smallest absolute Gasteiger partial charge is 0.253 e.